The molecule has 3 rings (SSSR count). The van der Waals surface area contributed by atoms with Gasteiger partial charge in [-0.1, -0.05) is 30.3 Å². The van der Waals surface area contributed by atoms with Gasteiger partial charge >= 0.3 is 12.1 Å². The molecule has 0 fully saturated rings. The van der Waals surface area contributed by atoms with Gasteiger partial charge in [0, 0.05) is 11.6 Å². The quantitative estimate of drug-likeness (QED) is 0.466. The van der Waals surface area contributed by atoms with Crippen molar-refractivity contribution in [3.63, 3.8) is 0 Å². The van der Waals surface area contributed by atoms with Gasteiger partial charge in [0.2, 0.25) is 0 Å². The standard InChI is InChI=1S/C25H25F3N2O4/c1-15(9-10-16-7-5-4-6-8-16)34-21-18-12-11-17(25(26,27)28)13-20(18)29-14-19(21)22(31)30-24(2,3)23(32)33/h4-8,11-15H,9-10H2,1-3H3,(H,30,31)(H,32,33). The highest BCUT2D eigenvalue weighted by atomic mass is 19.4. The Hall–Kier alpha value is -3.62. The second kappa shape index (κ2) is 9.70. The number of rotatable bonds is 8. The fourth-order valence-corrected chi connectivity index (χ4v) is 3.31. The van der Waals surface area contributed by atoms with Crippen LogP contribution in [0, 0.1) is 0 Å². The number of carboxylic acids is 1. The molecule has 2 N–H and O–H groups in total. The number of carbonyl (C=O) groups excluding carboxylic acids is 1. The minimum atomic E-state index is -4.55. The number of pyridine rings is 1. The maximum atomic E-state index is 13.2. The lowest BCUT2D eigenvalue weighted by Crippen LogP contribution is -2.49. The number of halogens is 3. The van der Waals surface area contributed by atoms with Crippen molar-refractivity contribution in [2.24, 2.45) is 0 Å². The van der Waals surface area contributed by atoms with E-state index in [0.717, 1.165) is 23.9 Å². The lowest BCUT2D eigenvalue weighted by Gasteiger charge is -2.23. The van der Waals surface area contributed by atoms with Gasteiger partial charge in [-0.3, -0.25) is 9.78 Å². The largest absolute Gasteiger partial charge is 0.489 e. The van der Waals surface area contributed by atoms with Crippen LogP contribution in [0.4, 0.5) is 13.2 Å². The number of aliphatic carboxylic acids is 1. The summed E-state index contributed by atoms with van der Waals surface area (Å²) in [5, 5.41) is 12.0. The van der Waals surface area contributed by atoms with Crippen molar-refractivity contribution in [2.45, 2.75) is 51.4 Å². The number of aromatic nitrogens is 1. The zero-order valence-corrected chi connectivity index (χ0v) is 18.9. The third-order valence-corrected chi connectivity index (χ3v) is 5.35. The molecule has 0 bridgehead atoms. The molecule has 9 heteroatoms. The number of carboxylic acid groups (broad SMARTS) is 1. The topological polar surface area (TPSA) is 88.5 Å². The third kappa shape index (κ3) is 5.84. The Kier molecular flexibility index (Phi) is 7.14. The Labute approximate surface area is 194 Å². The highest BCUT2D eigenvalue weighted by Crippen LogP contribution is 2.35. The van der Waals surface area contributed by atoms with Gasteiger partial charge in [0.05, 0.1) is 17.2 Å². The first-order chi connectivity index (χ1) is 15.9. The van der Waals surface area contributed by atoms with Crippen LogP contribution in [0.2, 0.25) is 0 Å². The number of nitrogens with one attached hydrogen (secondary N) is 1. The van der Waals surface area contributed by atoms with E-state index in [-0.39, 0.29) is 22.2 Å². The number of alkyl halides is 3. The number of nitrogens with zero attached hydrogens (tertiary/aromatic N) is 1. The van der Waals surface area contributed by atoms with E-state index < -0.39 is 35.3 Å². The van der Waals surface area contributed by atoms with E-state index >= 15 is 0 Å². The summed E-state index contributed by atoms with van der Waals surface area (Å²) in [6, 6.07) is 12.7. The van der Waals surface area contributed by atoms with Gasteiger partial charge in [0.1, 0.15) is 16.9 Å². The van der Waals surface area contributed by atoms with Gasteiger partial charge in [-0.15, -0.1) is 0 Å². The number of hydrogen-bond acceptors (Lipinski definition) is 4. The smallest absolute Gasteiger partial charge is 0.416 e. The van der Waals surface area contributed by atoms with Crippen molar-refractivity contribution in [1.82, 2.24) is 10.3 Å². The van der Waals surface area contributed by atoms with Crippen LogP contribution in [-0.4, -0.2) is 33.6 Å². The molecule has 0 saturated carbocycles. The molecule has 0 aliphatic rings. The van der Waals surface area contributed by atoms with E-state index in [0.29, 0.717) is 12.8 Å². The van der Waals surface area contributed by atoms with Crippen LogP contribution in [0.1, 0.15) is 48.7 Å². The summed E-state index contributed by atoms with van der Waals surface area (Å²) in [7, 11) is 0. The first-order valence-corrected chi connectivity index (χ1v) is 10.6. The maximum Gasteiger partial charge on any atom is 0.416 e. The SMILES string of the molecule is CC(CCc1ccccc1)Oc1c(C(=O)NC(C)(C)C(=O)O)cnc2cc(C(F)(F)F)ccc12. The van der Waals surface area contributed by atoms with Gasteiger partial charge in [0.15, 0.2) is 0 Å². The molecule has 1 aromatic heterocycles. The van der Waals surface area contributed by atoms with Crippen molar-refractivity contribution in [2.75, 3.05) is 0 Å². The highest BCUT2D eigenvalue weighted by Gasteiger charge is 2.33. The molecule has 180 valence electrons. The van der Waals surface area contributed by atoms with Crippen molar-refractivity contribution in [1.29, 1.82) is 0 Å². The van der Waals surface area contributed by atoms with Gasteiger partial charge in [-0.2, -0.15) is 13.2 Å². The molecule has 3 aromatic rings. The van der Waals surface area contributed by atoms with Crippen LogP contribution >= 0.6 is 0 Å². The summed E-state index contributed by atoms with van der Waals surface area (Å²) < 4.78 is 45.6. The number of carbonyl (C=O) groups is 2. The summed E-state index contributed by atoms with van der Waals surface area (Å²) >= 11 is 0. The second-order valence-electron chi connectivity index (χ2n) is 8.57. The average molecular weight is 474 g/mol. The summed E-state index contributed by atoms with van der Waals surface area (Å²) in [6.07, 6.45) is -2.57. The van der Waals surface area contributed by atoms with Crippen LogP contribution in [0.5, 0.6) is 5.75 Å². The van der Waals surface area contributed by atoms with Crippen molar-refractivity contribution < 1.29 is 32.6 Å². The normalized spacial score (nSPS) is 12.9. The van der Waals surface area contributed by atoms with E-state index in [1.54, 1.807) is 6.92 Å². The minimum absolute atomic E-state index is 0.00845. The highest BCUT2D eigenvalue weighted by molar-refractivity contribution is 6.04. The van der Waals surface area contributed by atoms with Crippen LogP contribution in [0.3, 0.4) is 0 Å². The minimum Gasteiger partial charge on any atom is -0.489 e. The molecule has 34 heavy (non-hydrogen) atoms. The summed E-state index contributed by atoms with van der Waals surface area (Å²) in [5.74, 6) is -1.95. The molecule has 1 heterocycles. The summed E-state index contributed by atoms with van der Waals surface area (Å²) in [5.41, 5.74) is -1.42. The van der Waals surface area contributed by atoms with Crippen molar-refractivity contribution in [3.05, 3.63) is 71.4 Å². The fourth-order valence-electron chi connectivity index (χ4n) is 3.31. The molecule has 0 aliphatic heterocycles. The zero-order valence-electron chi connectivity index (χ0n) is 18.9. The van der Waals surface area contributed by atoms with Crippen LogP contribution in [-0.2, 0) is 17.4 Å². The summed E-state index contributed by atoms with van der Waals surface area (Å²) in [4.78, 5) is 28.4. The molecular weight excluding hydrogens is 449 g/mol. The van der Waals surface area contributed by atoms with Gasteiger partial charge in [-0.05, 0) is 57.4 Å². The number of benzene rings is 2. The zero-order chi connectivity index (χ0) is 25.1. The number of aryl methyl sites for hydroxylation is 1. The first-order valence-electron chi connectivity index (χ1n) is 10.6. The lowest BCUT2D eigenvalue weighted by molar-refractivity contribution is -0.143. The van der Waals surface area contributed by atoms with Crippen LogP contribution < -0.4 is 10.1 Å². The van der Waals surface area contributed by atoms with E-state index in [4.69, 9.17) is 4.74 Å². The van der Waals surface area contributed by atoms with E-state index in [2.05, 4.69) is 10.3 Å². The second-order valence-corrected chi connectivity index (χ2v) is 8.57. The van der Waals surface area contributed by atoms with Crippen LogP contribution in [0.25, 0.3) is 10.9 Å². The maximum absolute atomic E-state index is 13.2. The summed E-state index contributed by atoms with van der Waals surface area (Å²) in [6.45, 7) is 4.43. The number of hydrogen-bond donors (Lipinski definition) is 2. The number of amides is 1. The molecule has 2 aromatic carbocycles. The lowest BCUT2D eigenvalue weighted by atomic mass is 10.0. The Morgan fingerprint density at radius 2 is 1.79 bits per heavy atom. The van der Waals surface area contributed by atoms with Crippen molar-refractivity contribution >= 4 is 22.8 Å². The molecule has 1 amide bonds. The molecule has 6 nitrogen and oxygen atoms in total. The van der Waals surface area contributed by atoms with E-state index in [1.807, 2.05) is 30.3 Å². The average Bonchev–Trinajstić information content (AvgIpc) is 2.77. The Morgan fingerprint density at radius 3 is 2.41 bits per heavy atom. The van der Waals surface area contributed by atoms with Gasteiger partial charge < -0.3 is 15.2 Å². The third-order valence-electron chi connectivity index (χ3n) is 5.35. The first kappa shape index (κ1) is 25.0. The van der Waals surface area contributed by atoms with Gasteiger partial charge in [0.25, 0.3) is 5.91 Å². The molecule has 0 saturated heterocycles. The Balaban J connectivity index is 1.98. The van der Waals surface area contributed by atoms with Gasteiger partial charge in [-0.25, -0.2) is 4.79 Å². The van der Waals surface area contributed by atoms with E-state index in [9.17, 15) is 27.9 Å². The molecule has 0 aliphatic carbocycles. The fraction of sp³-hybridized carbons (Fsp3) is 0.320. The predicted molar refractivity (Wildman–Crippen MR) is 121 cm³/mol. The molecule has 0 spiro atoms. The molecule has 1 atom stereocenters. The molecule has 0 radical (unpaired) electrons. The van der Waals surface area contributed by atoms with Crippen LogP contribution in [0.15, 0.2) is 54.7 Å². The molecule has 1 unspecified atom stereocenters. The number of fused-ring (bicyclic) bond motifs is 1. The number of ether oxygens (including phenoxy) is 1. The Bertz CT molecular complexity index is 1190. The van der Waals surface area contributed by atoms with Crippen molar-refractivity contribution in [3.8, 4) is 5.75 Å². The Morgan fingerprint density at radius 1 is 1.12 bits per heavy atom. The van der Waals surface area contributed by atoms with E-state index in [1.165, 1.54) is 19.9 Å². The predicted octanol–water partition coefficient (Wildman–Crippen LogP) is 5.25. The molecular formula is C25H25F3N2O4. The monoisotopic (exact) mass is 474 g/mol.